The zero-order valence-corrected chi connectivity index (χ0v) is 9.80. The number of carbonyl (C=O) groups excluding carboxylic acids is 1. The smallest absolute Gasteiger partial charge is 0.346 e. The quantitative estimate of drug-likeness (QED) is 0.455. The van der Waals surface area contributed by atoms with E-state index in [2.05, 4.69) is 4.74 Å². The van der Waals surface area contributed by atoms with Crippen molar-refractivity contribution in [1.82, 2.24) is 0 Å². The van der Waals surface area contributed by atoms with Gasteiger partial charge >= 0.3 is 11.7 Å². The van der Waals surface area contributed by atoms with Crippen molar-refractivity contribution in [2.24, 2.45) is 0 Å². The third-order valence-electron chi connectivity index (χ3n) is 2.15. The highest BCUT2D eigenvalue weighted by Crippen LogP contribution is 2.28. The number of nitro benzene ring substituents is 1. The van der Waals surface area contributed by atoms with Crippen LogP contribution in [-0.4, -0.2) is 24.1 Å². The number of aryl methyl sites for hydroxylation is 1. The highest BCUT2D eigenvalue weighted by molar-refractivity contribution is 5.74. The van der Waals surface area contributed by atoms with Crippen molar-refractivity contribution in [1.29, 1.82) is 0 Å². The van der Waals surface area contributed by atoms with E-state index < -0.39 is 17.0 Å². The maximum atomic E-state index is 11.1. The van der Waals surface area contributed by atoms with Crippen LogP contribution in [0.5, 0.6) is 5.75 Å². The fourth-order valence-electron chi connectivity index (χ4n) is 1.27. The van der Waals surface area contributed by atoms with Gasteiger partial charge < -0.3 is 9.47 Å². The van der Waals surface area contributed by atoms with Crippen molar-refractivity contribution in [3.8, 4) is 5.75 Å². The van der Waals surface area contributed by atoms with Gasteiger partial charge in [-0.3, -0.25) is 10.1 Å². The highest BCUT2D eigenvalue weighted by atomic mass is 16.6. The molecule has 0 amide bonds. The number of carbonyl (C=O) groups is 1. The van der Waals surface area contributed by atoms with Gasteiger partial charge in [0.1, 0.15) is 0 Å². The van der Waals surface area contributed by atoms with E-state index in [9.17, 15) is 14.9 Å². The predicted octanol–water partition coefficient (Wildman–Crippen LogP) is 1.84. The number of hydrogen-bond acceptors (Lipinski definition) is 5. The topological polar surface area (TPSA) is 78.7 Å². The number of esters is 1. The Kier molecular flexibility index (Phi) is 4.03. The Labute approximate surface area is 98.3 Å². The maximum Gasteiger partial charge on any atom is 0.346 e. The molecule has 0 aliphatic carbocycles. The Hall–Kier alpha value is -2.11. The fourth-order valence-corrected chi connectivity index (χ4v) is 1.27. The molecule has 1 rings (SSSR count). The summed E-state index contributed by atoms with van der Waals surface area (Å²) in [5, 5.41) is 10.8. The van der Waals surface area contributed by atoms with E-state index in [0.29, 0.717) is 0 Å². The lowest BCUT2D eigenvalue weighted by Crippen LogP contribution is -2.25. The van der Waals surface area contributed by atoms with Crippen LogP contribution >= 0.6 is 0 Å². The Morgan fingerprint density at radius 3 is 2.65 bits per heavy atom. The third-order valence-corrected chi connectivity index (χ3v) is 2.15. The number of nitro groups is 1. The Morgan fingerprint density at radius 2 is 2.12 bits per heavy atom. The summed E-state index contributed by atoms with van der Waals surface area (Å²) in [6.07, 6.45) is -0.888. The Morgan fingerprint density at radius 1 is 1.47 bits per heavy atom. The molecule has 0 aliphatic rings. The van der Waals surface area contributed by atoms with Crippen LogP contribution in [0, 0.1) is 17.0 Å². The first-order valence-corrected chi connectivity index (χ1v) is 4.95. The molecule has 0 saturated carbocycles. The van der Waals surface area contributed by atoms with Crippen LogP contribution in [0.2, 0.25) is 0 Å². The van der Waals surface area contributed by atoms with Crippen LogP contribution in [0.15, 0.2) is 18.2 Å². The lowest BCUT2D eigenvalue weighted by Gasteiger charge is -2.12. The summed E-state index contributed by atoms with van der Waals surface area (Å²) in [7, 11) is 1.23. The van der Waals surface area contributed by atoms with Gasteiger partial charge in [-0.2, -0.15) is 0 Å². The number of hydrogen-bond donors (Lipinski definition) is 0. The van der Waals surface area contributed by atoms with Crippen molar-refractivity contribution >= 4 is 11.7 Å². The molecule has 0 N–H and O–H groups in total. The zero-order chi connectivity index (χ0) is 13.0. The largest absolute Gasteiger partial charge is 0.472 e. The summed E-state index contributed by atoms with van der Waals surface area (Å²) >= 11 is 0. The van der Waals surface area contributed by atoms with E-state index in [4.69, 9.17) is 4.74 Å². The average Bonchev–Trinajstić information content (AvgIpc) is 2.29. The monoisotopic (exact) mass is 239 g/mol. The number of rotatable bonds is 4. The summed E-state index contributed by atoms with van der Waals surface area (Å²) < 4.78 is 9.67. The van der Waals surface area contributed by atoms with Gasteiger partial charge in [0.15, 0.2) is 11.9 Å². The first-order valence-electron chi connectivity index (χ1n) is 4.95. The molecule has 0 spiro atoms. The van der Waals surface area contributed by atoms with Gasteiger partial charge in [-0.05, 0) is 25.5 Å². The minimum absolute atomic E-state index is 0.0542. The van der Waals surface area contributed by atoms with Crippen molar-refractivity contribution in [2.45, 2.75) is 20.0 Å². The molecule has 0 bridgehead atoms. The normalized spacial score (nSPS) is 11.7. The Balaban J connectivity index is 2.98. The number of ether oxygens (including phenoxy) is 2. The van der Waals surface area contributed by atoms with Crippen LogP contribution in [0.4, 0.5) is 5.69 Å². The molecule has 1 atom stereocenters. The summed E-state index contributed by atoms with van der Waals surface area (Å²) in [6, 6.07) is 4.53. The summed E-state index contributed by atoms with van der Waals surface area (Å²) in [6.45, 7) is 3.20. The second-order valence-corrected chi connectivity index (χ2v) is 3.51. The zero-order valence-electron chi connectivity index (χ0n) is 9.80. The van der Waals surface area contributed by atoms with Gasteiger partial charge in [-0.15, -0.1) is 0 Å². The van der Waals surface area contributed by atoms with Gasteiger partial charge in [0.05, 0.1) is 12.0 Å². The Bertz CT molecular complexity index is 443. The summed E-state index contributed by atoms with van der Waals surface area (Å²) in [4.78, 5) is 21.4. The van der Waals surface area contributed by atoms with Gasteiger partial charge in [-0.25, -0.2) is 4.79 Å². The van der Waals surface area contributed by atoms with Crippen molar-refractivity contribution in [3.63, 3.8) is 0 Å². The van der Waals surface area contributed by atoms with Gasteiger partial charge in [0.25, 0.3) is 0 Å². The van der Waals surface area contributed by atoms with Crippen molar-refractivity contribution in [3.05, 3.63) is 33.9 Å². The maximum absolute atomic E-state index is 11.1. The van der Waals surface area contributed by atoms with Gasteiger partial charge in [-0.1, -0.05) is 6.07 Å². The van der Waals surface area contributed by atoms with E-state index in [-0.39, 0.29) is 11.4 Å². The summed E-state index contributed by atoms with van der Waals surface area (Å²) in [5.74, 6) is -0.529. The number of methoxy groups -OCH3 is 1. The highest BCUT2D eigenvalue weighted by Gasteiger charge is 2.21. The van der Waals surface area contributed by atoms with Crippen LogP contribution < -0.4 is 4.74 Å². The SMILES string of the molecule is COC(=O)C(C)Oc1ccc(C)cc1[N+](=O)[O-]. The van der Waals surface area contributed by atoms with Crippen LogP contribution in [-0.2, 0) is 9.53 Å². The first-order chi connectivity index (χ1) is 7.95. The van der Waals surface area contributed by atoms with E-state index in [1.807, 2.05) is 0 Å². The molecule has 0 heterocycles. The van der Waals surface area contributed by atoms with Gasteiger partial charge in [0.2, 0.25) is 0 Å². The first kappa shape index (κ1) is 13.0. The van der Waals surface area contributed by atoms with Crippen LogP contribution in [0.1, 0.15) is 12.5 Å². The molecule has 0 radical (unpaired) electrons. The molecule has 92 valence electrons. The molecule has 6 nitrogen and oxygen atoms in total. The third kappa shape index (κ3) is 3.17. The van der Waals surface area contributed by atoms with Gasteiger partial charge in [0, 0.05) is 6.07 Å². The molecule has 0 aromatic heterocycles. The standard InChI is InChI=1S/C11H13NO5/c1-7-4-5-10(9(6-7)12(14)15)17-8(2)11(13)16-3/h4-6,8H,1-3H3. The fraction of sp³-hybridized carbons (Fsp3) is 0.364. The molecule has 0 fully saturated rings. The molecule has 0 saturated heterocycles. The van der Waals surface area contributed by atoms with Crippen molar-refractivity contribution < 1.29 is 19.2 Å². The van der Waals surface area contributed by atoms with E-state index >= 15 is 0 Å². The molecule has 1 unspecified atom stereocenters. The molecular formula is C11H13NO5. The summed E-state index contributed by atoms with van der Waals surface area (Å²) in [5.41, 5.74) is 0.579. The molecule has 6 heteroatoms. The number of nitrogens with zero attached hydrogens (tertiary/aromatic N) is 1. The minimum atomic E-state index is -0.888. The average molecular weight is 239 g/mol. The molecule has 17 heavy (non-hydrogen) atoms. The molecule has 0 aliphatic heterocycles. The minimum Gasteiger partial charge on any atom is -0.472 e. The van der Waals surface area contributed by atoms with E-state index in [0.717, 1.165) is 5.56 Å². The van der Waals surface area contributed by atoms with E-state index in [1.165, 1.54) is 26.2 Å². The van der Waals surface area contributed by atoms with Crippen molar-refractivity contribution in [2.75, 3.05) is 7.11 Å². The van der Waals surface area contributed by atoms with Crippen LogP contribution in [0.25, 0.3) is 0 Å². The van der Waals surface area contributed by atoms with Crippen LogP contribution in [0.3, 0.4) is 0 Å². The predicted molar refractivity (Wildman–Crippen MR) is 59.9 cm³/mol. The molecular weight excluding hydrogens is 226 g/mol. The lowest BCUT2D eigenvalue weighted by molar-refractivity contribution is -0.386. The molecule has 1 aromatic carbocycles. The second-order valence-electron chi connectivity index (χ2n) is 3.51. The van der Waals surface area contributed by atoms with E-state index in [1.54, 1.807) is 13.0 Å². The second kappa shape index (κ2) is 5.29. The number of benzene rings is 1. The molecule has 1 aromatic rings. The lowest BCUT2D eigenvalue weighted by atomic mass is 10.2.